The van der Waals surface area contributed by atoms with Crippen LogP contribution in [0.25, 0.3) is 0 Å². The Morgan fingerprint density at radius 2 is 2.43 bits per heavy atom. The van der Waals surface area contributed by atoms with E-state index in [2.05, 4.69) is 21.2 Å². The molecule has 1 aromatic heterocycles. The van der Waals surface area contributed by atoms with Crippen molar-refractivity contribution in [1.82, 2.24) is 5.32 Å². The van der Waals surface area contributed by atoms with E-state index in [9.17, 15) is 9.59 Å². The lowest BCUT2D eigenvalue weighted by Gasteiger charge is -2.10. The smallest absolute Gasteiger partial charge is 0.231 e. The number of hydrogen-bond acceptors (Lipinski definition) is 3. The predicted molar refractivity (Wildman–Crippen MR) is 57.9 cm³/mol. The first-order chi connectivity index (χ1) is 6.72. The van der Waals surface area contributed by atoms with Crippen LogP contribution < -0.4 is 5.32 Å². The number of alkyl halides is 1. The molecule has 5 heteroatoms. The van der Waals surface area contributed by atoms with Crippen LogP contribution in [0.5, 0.6) is 0 Å². The minimum absolute atomic E-state index is 0.0816. The number of Topliss-reactive ketones (excluding diaryl/α,β-unsaturated/α-hetero) is 1. The molecule has 0 bridgehead atoms. The highest BCUT2D eigenvalue weighted by Gasteiger charge is 2.30. The molecule has 1 heterocycles. The number of nitrogens with one attached hydrogen (secondary N) is 1. The maximum absolute atomic E-state index is 11.5. The molecule has 0 saturated carbocycles. The standard InChI is InChI=1S/C9H8BrNO2S/c10-2-9(13)11-7-1-8(12)6-4-14-3-5(6)7/h3-4,7H,1-2H2,(H,11,13). The maximum Gasteiger partial charge on any atom is 0.231 e. The summed E-state index contributed by atoms with van der Waals surface area (Å²) in [6, 6.07) is -0.117. The zero-order valence-corrected chi connectivity index (χ0v) is 9.65. The molecule has 1 N–H and O–H groups in total. The summed E-state index contributed by atoms with van der Waals surface area (Å²) in [6.07, 6.45) is 0.400. The molecule has 3 nitrogen and oxygen atoms in total. The van der Waals surface area contributed by atoms with Crippen molar-refractivity contribution in [3.63, 3.8) is 0 Å². The largest absolute Gasteiger partial charge is 0.348 e. The van der Waals surface area contributed by atoms with E-state index < -0.39 is 0 Å². The van der Waals surface area contributed by atoms with Gasteiger partial charge in [-0.25, -0.2) is 0 Å². The Bertz CT molecular complexity index is 388. The first-order valence-electron chi connectivity index (χ1n) is 4.17. The van der Waals surface area contributed by atoms with Gasteiger partial charge in [-0.2, -0.15) is 11.3 Å². The van der Waals surface area contributed by atoms with Crippen molar-refractivity contribution in [2.24, 2.45) is 0 Å². The number of carbonyl (C=O) groups excluding carboxylic acids is 2. The Morgan fingerprint density at radius 1 is 1.64 bits per heavy atom. The molecule has 1 aliphatic rings. The van der Waals surface area contributed by atoms with Crippen LogP contribution in [0.1, 0.15) is 28.4 Å². The second-order valence-electron chi connectivity index (χ2n) is 3.12. The van der Waals surface area contributed by atoms with E-state index in [4.69, 9.17) is 0 Å². The van der Waals surface area contributed by atoms with Gasteiger partial charge >= 0.3 is 0 Å². The number of thiophene rings is 1. The molecule has 1 atom stereocenters. The van der Waals surface area contributed by atoms with Crippen molar-refractivity contribution in [3.8, 4) is 0 Å². The van der Waals surface area contributed by atoms with Crippen LogP contribution in [0.4, 0.5) is 0 Å². The first-order valence-corrected chi connectivity index (χ1v) is 6.23. The molecule has 1 amide bonds. The minimum Gasteiger partial charge on any atom is -0.348 e. The number of ketones is 1. The molecule has 1 aromatic rings. The van der Waals surface area contributed by atoms with Crippen LogP contribution >= 0.6 is 27.3 Å². The summed E-state index contributed by atoms with van der Waals surface area (Å²) in [6.45, 7) is 0. The van der Waals surface area contributed by atoms with Gasteiger partial charge in [0.2, 0.25) is 5.91 Å². The van der Waals surface area contributed by atoms with E-state index in [0.29, 0.717) is 6.42 Å². The van der Waals surface area contributed by atoms with Crippen molar-refractivity contribution in [2.45, 2.75) is 12.5 Å². The van der Waals surface area contributed by atoms with Gasteiger partial charge in [0.15, 0.2) is 5.78 Å². The molecular weight excluding hydrogens is 266 g/mol. The van der Waals surface area contributed by atoms with Gasteiger partial charge in [0, 0.05) is 17.4 Å². The Hall–Kier alpha value is -0.680. The maximum atomic E-state index is 11.5. The Labute approximate surface area is 93.6 Å². The van der Waals surface area contributed by atoms with E-state index in [1.807, 2.05) is 10.8 Å². The molecule has 0 spiro atoms. The summed E-state index contributed by atoms with van der Waals surface area (Å²) in [5.74, 6) is 0.0444. The van der Waals surface area contributed by atoms with Gasteiger partial charge in [0.25, 0.3) is 0 Å². The Morgan fingerprint density at radius 3 is 3.14 bits per heavy atom. The van der Waals surface area contributed by atoms with Crippen LogP contribution in [0.2, 0.25) is 0 Å². The van der Waals surface area contributed by atoms with E-state index in [0.717, 1.165) is 11.1 Å². The van der Waals surface area contributed by atoms with Gasteiger partial charge in [0.05, 0.1) is 11.4 Å². The van der Waals surface area contributed by atoms with Crippen molar-refractivity contribution in [1.29, 1.82) is 0 Å². The molecular formula is C9H8BrNO2S. The van der Waals surface area contributed by atoms with Crippen LogP contribution in [0, 0.1) is 0 Å². The summed E-state index contributed by atoms with van der Waals surface area (Å²) < 4.78 is 0. The normalized spacial score (nSPS) is 19.5. The quantitative estimate of drug-likeness (QED) is 0.837. The summed E-state index contributed by atoms with van der Waals surface area (Å²) >= 11 is 4.57. The lowest BCUT2D eigenvalue weighted by molar-refractivity contribution is -0.119. The second-order valence-corrected chi connectivity index (χ2v) is 4.43. The average molecular weight is 274 g/mol. The molecule has 74 valence electrons. The van der Waals surface area contributed by atoms with Gasteiger partial charge in [-0.15, -0.1) is 0 Å². The molecule has 1 unspecified atom stereocenters. The van der Waals surface area contributed by atoms with E-state index >= 15 is 0 Å². The zero-order chi connectivity index (χ0) is 10.1. The highest BCUT2D eigenvalue weighted by atomic mass is 79.9. The first kappa shape index (κ1) is 9.86. The van der Waals surface area contributed by atoms with Crippen molar-refractivity contribution >= 4 is 39.0 Å². The molecule has 0 aromatic carbocycles. The van der Waals surface area contributed by atoms with Crippen molar-refractivity contribution in [3.05, 3.63) is 21.9 Å². The second kappa shape index (κ2) is 3.82. The zero-order valence-electron chi connectivity index (χ0n) is 7.25. The van der Waals surface area contributed by atoms with Crippen molar-refractivity contribution in [2.75, 3.05) is 5.33 Å². The lowest BCUT2D eigenvalue weighted by atomic mass is 10.2. The number of halogens is 1. The summed E-state index contributed by atoms with van der Waals surface area (Å²) in [4.78, 5) is 22.6. The molecule has 14 heavy (non-hydrogen) atoms. The fourth-order valence-corrected chi connectivity index (χ4v) is 2.64. The summed E-state index contributed by atoms with van der Waals surface area (Å²) in [5.41, 5.74) is 1.74. The van der Waals surface area contributed by atoms with Crippen LogP contribution in [0.3, 0.4) is 0 Å². The third-order valence-corrected chi connectivity index (χ3v) is 3.48. The molecule has 1 aliphatic carbocycles. The van der Waals surface area contributed by atoms with Gasteiger partial charge < -0.3 is 5.32 Å². The fraction of sp³-hybridized carbons (Fsp3) is 0.333. The van der Waals surface area contributed by atoms with Crippen LogP contribution in [-0.2, 0) is 4.79 Å². The number of amides is 1. The summed E-state index contributed by atoms with van der Waals surface area (Å²) in [7, 11) is 0. The molecule has 0 fully saturated rings. The van der Waals surface area contributed by atoms with E-state index in [1.54, 1.807) is 0 Å². The topological polar surface area (TPSA) is 46.2 Å². The number of fused-ring (bicyclic) bond motifs is 1. The molecule has 0 radical (unpaired) electrons. The average Bonchev–Trinajstić information content (AvgIpc) is 2.72. The molecule has 2 rings (SSSR count). The third-order valence-electron chi connectivity index (χ3n) is 2.21. The minimum atomic E-state index is -0.117. The predicted octanol–water partition coefficient (Wildman–Crippen LogP) is 1.89. The number of rotatable bonds is 2. The highest BCUT2D eigenvalue weighted by molar-refractivity contribution is 9.09. The monoisotopic (exact) mass is 273 g/mol. The molecule has 0 aliphatic heterocycles. The van der Waals surface area contributed by atoms with E-state index in [1.165, 1.54) is 11.3 Å². The van der Waals surface area contributed by atoms with E-state index in [-0.39, 0.29) is 23.1 Å². The number of hydrogen-bond donors (Lipinski definition) is 1. The summed E-state index contributed by atoms with van der Waals surface area (Å²) in [5, 5.41) is 6.85. The van der Waals surface area contributed by atoms with Crippen LogP contribution in [-0.4, -0.2) is 17.0 Å². The molecule has 0 saturated heterocycles. The van der Waals surface area contributed by atoms with Crippen LogP contribution in [0.15, 0.2) is 10.8 Å². The fourth-order valence-electron chi connectivity index (χ4n) is 1.57. The van der Waals surface area contributed by atoms with Gasteiger partial charge in [-0.3, -0.25) is 9.59 Å². The van der Waals surface area contributed by atoms with Gasteiger partial charge in [-0.1, -0.05) is 15.9 Å². The lowest BCUT2D eigenvalue weighted by Crippen LogP contribution is -2.27. The Balaban J connectivity index is 2.18. The third kappa shape index (κ3) is 1.62. The Kier molecular flexibility index (Phi) is 2.69. The number of carbonyl (C=O) groups is 2. The SMILES string of the molecule is O=C(CBr)NC1CC(=O)c2cscc21. The van der Waals surface area contributed by atoms with Gasteiger partial charge in [-0.05, 0) is 10.9 Å². The van der Waals surface area contributed by atoms with Gasteiger partial charge in [0.1, 0.15) is 0 Å². The highest BCUT2D eigenvalue weighted by Crippen LogP contribution is 2.33. The van der Waals surface area contributed by atoms with Crippen molar-refractivity contribution < 1.29 is 9.59 Å².